The Labute approximate surface area is 119 Å². The van der Waals surface area contributed by atoms with E-state index >= 15 is 0 Å². The zero-order valence-corrected chi connectivity index (χ0v) is 11.9. The van der Waals surface area contributed by atoms with Crippen LogP contribution in [0.3, 0.4) is 0 Å². The molecule has 0 spiro atoms. The Kier molecular flexibility index (Phi) is 4.76. The smallest absolute Gasteiger partial charge is 0.230 e. The molecule has 2 rings (SSSR count). The van der Waals surface area contributed by atoms with Crippen molar-refractivity contribution in [3.63, 3.8) is 0 Å². The van der Waals surface area contributed by atoms with Crippen molar-refractivity contribution in [1.82, 2.24) is 5.32 Å². The molecule has 2 N–H and O–H groups in total. The summed E-state index contributed by atoms with van der Waals surface area (Å²) in [5, 5.41) is 12.4. The molecular formula is C16H22FNO2. The van der Waals surface area contributed by atoms with E-state index in [-0.39, 0.29) is 17.8 Å². The summed E-state index contributed by atoms with van der Waals surface area (Å²) in [6.45, 7) is 2.40. The average Bonchev–Trinajstić information content (AvgIpc) is 2.39. The van der Waals surface area contributed by atoms with Crippen molar-refractivity contribution < 1.29 is 14.3 Å². The van der Waals surface area contributed by atoms with Crippen LogP contribution in [0.4, 0.5) is 4.39 Å². The van der Waals surface area contributed by atoms with E-state index in [1.165, 1.54) is 12.1 Å². The van der Waals surface area contributed by atoms with Gasteiger partial charge >= 0.3 is 0 Å². The maximum Gasteiger partial charge on any atom is 0.230 e. The third-order valence-corrected chi connectivity index (χ3v) is 4.27. The quantitative estimate of drug-likeness (QED) is 0.840. The molecule has 4 heteroatoms. The zero-order chi connectivity index (χ0) is 14.6. The van der Waals surface area contributed by atoms with Gasteiger partial charge in [-0.3, -0.25) is 4.79 Å². The number of benzene rings is 1. The molecule has 0 aromatic heterocycles. The molecule has 1 aromatic rings. The molecule has 1 atom stereocenters. The van der Waals surface area contributed by atoms with Gasteiger partial charge in [0.25, 0.3) is 0 Å². The van der Waals surface area contributed by atoms with Crippen molar-refractivity contribution in [1.29, 1.82) is 0 Å². The summed E-state index contributed by atoms with van der Waals surface area (Å²) < 4.78 is 13.0. The van der Waals surface area contributed by atoms with E-state index in [1.54, 1.807) is 12.1 Å². The summed E-state index contributed by atoms with van der Waals surface area (Å²) >= 11 is 0. The first kappa shape index (κ1) is 15.0. The number of amides is 1. The number of rotatable bonds is 6. The zero-order valence-electron chi connectivity index (χ0n) is 11.9. The fraction of sp³-hybridized carbons (Fsp3) is 0.562. The number of aliphatic hydroxyl groups is 1. The Balaban J connectivity index is 2.00. The molecule has 1 aliphatic carbocycles. The van der Waals surface area contributed by atoms with Crippen LogP contribution in [0, 0.1) is 5.82 Å². The summed E-state index contributed by atoms with van der Waals surface area (Å²) in [6.07, 6.45) is 3.53. The molecule has 1 amide bonds. The molecule has 1 fully saturated rings. The highest BCUT2D eigenvalue weighted by Gasteiger charge is 2.45. The highest BCUT2D eigenvalue weighted by molar-refractivity contribution is 5.89. The van der Waals surface area contributed by atoms with Gasteiger partial charge in [0, 0.05) is 6.54 Å². The topological polar surface area (TPSA) is 49.3 Å². The van der Waals surface area contributed by atoms with Gasteiger partial charge in [-0.05, 0) is 43.4 Å². The fourth-order valence-electron chi connectivity index (χ4n) is 2.67. The van der Waals surface area contributed by atoms with E-state index in [2.05, 4.69) is 5.32 Å². The van der Waals surface area contributed by atoms with Crippen LogP contribution >= 0.6 is 0 Å². The normalized spacial score (nSPS) is 18.1. The van der Waals surface area contributed by atoms with Gasteiger partial charge in [-0.15, -0.1) is 0 Å². The highest BCUT2D eigenvalue weighted by atomic mass is 19.1. The van der Waals surface area contributed by atoms with Crippen LogP contribution in [0.15, 0.2) is 24.3 Å². The minimum Gasteiger partial charge on any atom is -0.393 e. The molecule has 1 saturated carbocycles. The number of nitrogens with one attached hydrogen (secondary N) is 1. The van der Waals surface area contributed by atoms with Crippen LogP contribution in [0.2, 0.25) is 0 Å². The van der Waals surface area contributed by atoms with Crippen LogP contribution < -0.4 is 5.32 Å². The first-order valence-corrected chi connectivity index (χ1v) is 7.31. The van der Waals surface area contributed by atoms with Gasteiger partial charge in [-0.1, -0.05) is 25.5 Å². The molecule has 0 radical (unpaired) electrons. The number of aliphatic hydroxyl groups excluding tert-OH is 1. The van der Waals surface area contributed by atoms with Crippen molar-refractivity contribution >= 4 is 5.91 Å². The number of carbonyl (C=O) groups excluding carboxylic acids is 1. The average molecular weight is 279 g/mol. The van der Waals surface area contributed by atoms with Gasteiger partial charge in [0.05, 0.1) is 11.5 Å². The van der Waals surface area contributed by atoms with Crippen molar-refractivity contribution in [2.75, 3.05) is 6.54 Å². The van der Waals surface area contributed by atoms with Gasteiger partial charge in [0.2, 0.25) is 5.91 Å². The predicted molar refractivity (Wildman–Crippen MR) is 75.9 cm³/mol. The second kappa shape index (κ2) is 6.35. The molecule has 3 nitrogen and oxygen atoms in total. The minimum atomic E-state index is -0.495. The van der Waals surface area contributed by atoms with E-state index < -0.39 is 5.41 Å². The molecule has 0 bridgehead atoms. The molecule has 0 aliphatic heterocycles. The Morgan fingerprint density at radius 1 is 1.40 bits per heavy atom. The summed E-state index contributed by atoms with van der Waals surface area (Å²) in [7, 11) is 0. The molecule has 0 saturated heterocycles. The molecule has 0 heterocycles. The van der Waals surface area contributed by atoms with E-state index in [1.807, 2.05) is 6.92 Å². The molecular weight excluding hydrogens is 257 g/mol. The third kappa shape index (κ3) is 3.01. The molecule has 1 aliphatic rings. The monoisotopic (exact) mass is 279 g/mol. The van der Waals surface area contributed by atoms with Crippen LogP contribution in [-0.4, -0.2) is 23.7 Å². The van der Waals surface area contributed by atoms with Gasteiger partial charge < -0.3 is 10.4 Å². The van der Waals surface area contributed by atoms with Crippen LogP contribution in [-0.2, 0) is 10.2 Å². The van der Waals surface area contributed by atoms with Crippen LogP contribution in [0.25, 0.3) is 0 Å². The summed E-state index contributed by atoms with van der Waals surface area (Å²) in [5.74, 6) is -0.284. The molecule has 110 valence electrons. The lowest BCUT2D eigenvalue weighted by Gasteiger charge is -2.40. The number of carbonyl (C=O) groups is 1. The van der Waals surface area contributed by atoms with Crippen molar-refractivity contribution in [2.24, 2.45) is 0 Å². The second-order valence-corrected chi connectivity index (χ2v) is 5.55. The Morgan fingerprint density at radius 2 is 2.05 bits per heavy atom. The van der Waals surface area contributed by atoms with E-state index in [0.29, 0.717) is 19.4 Å². The lowest BCUT2D eigenvalue weighted by molar-refractivity contribution is -0.130. The van der Waals surface area contributed by atoms with Crippen molar-refractivity contribution in [2.45, 2.75) is 50.5 Å². The first-order valence-electron chi connectivity index (χ1n) is 7.31. The standard InChI is InChI=1S/C16H22FNO2/c1-2-14(19)8-11-18-15(20)16(9-3-10-16)12-4-6-13(17)7-5-12/h4-7,14,19H,2-3,8-11H2,1H3,(H,18,20). The van der Waals surface area contributed by atoms with Crippen molar-refractivity contribution in [3.8, 4) is 0 Å². The Morgan fingerprint density at radius 3 is 2.55 bits per heavy atom. The maximum atomic E-state index is 13.0. The lowest BCUT2D eigenvalue weighted by Crippen LogP contribution is -2.49. The Hall–Kier alpha value is -1.42. The number of hydrogen-bond donors (Lipinski definition) is 2. The third-order valence-electron chi connectivity index (χ3n) is 4.27. The lowest BCUT2D eigenvalue weighted by atomic mass is 9.64. The second-order valence-electron chi connectivity index (χ2n) is 5.55. The number of hydrogen-bond acceptors (Lipinski definition) is 2. The SMILES string of the molecule is CCC(O)CCNC(=O)C1(c2ccc(F)cc2)CCC1. The van der Waals surface area contributed by atoms with Gasteiger partial charge in [-0.2, -0.15) is 0 Å². The van der Waals surface area contributed by atoms with Gasteiger partial charge in [0.15, 0.2) is 0 Å². The first-order chi connectivity index (χ1) is 9.58. The summed E-state index contributed by atoms with van der Waals surface area (Å²) in [5.41, 5.74) is 0.393. The van der Waals surface area contributed by atoms with E-state index in [0.717, 1.165) is 24.8 Å². The minimum absolute atomic E-state index is 0.00124. The van der Waals surface area contributed by atoms with Crippen molar-refractivity contribution in [3.05, 3.63) is 35.6 Å². The predicted octanol–water partition coefficient (Wildman–Crippen LogP) is 2.52. The fourth-order valence-corrected chi connectivity index (χ4v) is 2.67. The van der Waals surface area contributed by atoms with E-state index in [4.69, 9.17) is 0 Å². The maximum absolute atomic E-state index is 13.0. The molecule has 1 unspecified atom stereocenters. The largest absolute Gasteiger partial charge is 0.393 e. The summed E-state index contributed by atoms with van der Waals surface area (Å²) in [6, 6.07) is 6.22. The summed E-state index contributed by atoms with van der Waals surface area (Å²) in [4.78, 5) is 12.4. The van der Waals surface area contributed by atoms with E-state index in [9.17, 15) is 14.3 Å². The van der Waals surface area contributed by atoms with Gasteiger partial charge in [-0.25, -0.2) is 4.39 Å². The van der Waals surface area contributed by atoms with Crippen LogP contribution in [0.1, 0.15) is 44.6 Å². The number of halogens is 1. The molecule has 20 heavy (non-hydrogen) atoms. The molecule has 1 aromatic carbocycles. The Bertz CT molecular complexity index is 454. The van der Waals surface area contributed by atoms with Gasteiger partial charge in [0.1, 0.15) is 5.82 Å². The van der Waals surface area contributed by atoms with Crippen LogP contribution in [0.5, 0.6) is 0 Å². The highest BCUT2D eigenvalue weighted by Crippen LogP contribution is 2.43.